The predicted octanol–water partition coefficient (Wildman–Crippen LogP) is 10.3. The summed E-state index contributed by atoms with van der Waals surface area (Å²) < 4.78 is 64.8. The zero-order valence-corrected chi connectivity index (χ0v) is 42.8. The summed E-state index contributed by atoms with van der Waals surface area (Å²) in [7, 11) is -0.900. The number of amides is 1. The molecule has 3 aliphatic rings. The van der Waals surface area contributed by atoms with E-state index in [1.165, 1.54) is 28.6 Å². The lowest BCUT2D eigenvalue weighted by molar-refractivity contribution is -0.136. The van der Waals surface area contributed by atoms with E-state index >= 15 is 4.39 Å². The number of rotatable bonds is 20. The van der Waals surface area contributed by atoms with Crippen molar-refractivity contribution in [3.8, 4) is 11.5 Å². The summed E-state index contributed by atoms with van der Waals surface area (Å²) in [6.07, 6.45) is 7.25. The highest BCUT2D eigenvalue weighted by molar-refractivity contribution is 7.89. The van der Waals surface area contributed by atoms with E-state index in [0.29, 0.717) is 61.4 Å². The van der Waals surface area contributed by atoms with Gasteiger partial charge < -0.3 is 24.0 Å². The average Bonchev–Trinajstić information content (AvgIpc) is 3.73. The lowest BCUT2D eigenvalue weighted by atomic mass is 9.70. The number of hydrogen-bond donors (Lipinski definition) is 0. The summed E-state index contributed by atoms with van der Waals surface area (Å²) in [6, 6.07) is 25.2. The largest absolute Gasteiger partial charge is 0.497 e. The second-order valence-corrected chi connectivity index (χ2v) is 21.8. The molecule has 1 aliphatic carbocycles. The Balaban J connectivity index is 1.18. The molecule has 11 nitrogen and oxygen atoms in total. The van der Waals surface area contributed by atoms with Crippen LogP contribution in [-0.4, -0.2) is 106 Å². The van der Waals surface area contributed by atoms with E-state index in [2.05, 4.69) is 17.0 Å². The average molecular weight is 986 g/mol. The summed E-state index contributed by atoms with van der Waals surface area (Å²) in [5.74, 6) is -0.656. The smallest absolute Gasteiger partial charge is 0.337 e. The quantitative estimate of drug-likeness (QED) is 0.0800. The van der Waals surface area contributed by atoms with Crippen LogP contribution in [0.2, 0.25) is 5.02 Å². The number of carbonyl (C=O) groups excluding carboxylic acids is 2. The summed E-state index contributed by atoms with van der Waals surface area (Å²) in [6.45, 7) is 11.1. The number of carbonyl (C=O) groups is 2. The molecule has 2 heterocycles. The Morgan fingerprint density at radius 2 is 1.65 bits per heavy atom. The molecule has 1 fully saturated rings. The number of benzene rings is 4. The molecule has 4 aromatic rings. The third kappa shape index (κ3) is 12.5. The van der Waals surface area contributed by atoms with E-state index < -0.39 is 39.2 Å². The molecular weight excluding hydrogens is 915 g/mol. The van der Waals surface area contributed by atoms with Crippen LogP contribution in [0, 0.1) is 12.8 Å². The van der Waals surface area contributed by atoms with Gasteiger partial charge in [-0.05, 0) is 135 Å². The number of anilines is 1. The molecule has 0 saturated carbocycles. The number of fused-ring (bicyclic) bond motifs is 3. The van der Waals surface area contributed by atoms with Gasteiger partial charge in [0.1, 0.15) is 23.4 Å². The van der Waals surface area contributed by atoms with Crippen LogP contribution in [0.15, 0.2) is 96.8 Å². The van der Waals surface area contributed by atoms with Crippen LogP contribution < -0.4 is 14.4 Å². The van der Waals surface area contributed by atoms with Crippen LogP contribution in [0.4, 0.5) is 10.1 Å². The Morgan fingerprint density at radius 3 is 2.32 bits per heavy atom. The van der Waals surface area contributed by atoms with E-state index in [-0.39, 0.29) is 37.2 Å². The summed E-state index contributed by atoms with van der Waals surface area (Å²) >= 11 is 6.53. The molecule has 7 rings (SSSR count). The molecule has 69 heavy (non-hydrogen) atoms. The maximum Gasteiger partial charge on any atom is 0.337 e. The molecule has 14 heteroatoms. The van der Waals surface area contributed by atoms with Gasteiger partial charge in [0.05, 0.1) is 37.8 Å². The molecule has 0 radical (unpaired) electrons. The van der Waals surface area contributed by atoms with Crippen LogP contribution in [0.5, 0.6) is 11.5 Å². The molecule has 0 aromatic heterocycles. The topological polar surface area (TPSA) is 109 Å². The lowest BCUT2D eigenvalue weighted by Crippen LogP contribution is -2.54. The second kappa shape index (κ2) is 23.3. The van der Waals surface area contributed by atoms with E-state index in [0.717, 1.165) is 67.3 Å². The van der Waals surface area contributed by atoms with Gasteiger partial charge in [-0.15, -0.1) is 0 Å². The fourth-order valence-electron chi connectivity index (χ4n) is 10.5. The van der Waals surface area contributed by atoms with Crippen molar-refractivity contribution in [2.24, 2.45) is 5.92 Å². The van der Waals surface area contributed by atoms with Gasteiger partial charge in [0, 0.05) is 55.7 Å². The Kier molecular flexibility index (Phi) is 17.5. The highest BCUT2D eigenvalue weighted by atomic mass is 35.5. The standard InChI is InChI=1S/C55H70ClFN4O7S/c1-7-28-58(29-8-2)53(62)52(49(57)25-15-40(4)36-69(64,65)60(33-41-16-13-39(3)14-17-41)34-42-18-22-47(66-5)23-19-42)61-30-10-12-46(61)35-59-37-55(27-9-11-43-31-45(56)21-24-48(43)55)38-68-51-26-20-44(32-50(51)59)54(63)67-6/h13-14,16-26,31-32,40,46,52H,7-12,15,27-30,33-38H2,1-6H3/b49-25-/t40-,46-,52?,55-/m0/s1. The van der Waals surface area contributed by atoms with E-state index in [9.17, 15) is 18.0 Å². The van der Waals surface area contributed by atoms with Crippen LogP contribution in [-0.2, 0) is 44.5 Å². The number of aryl methyl sites for hydroxylation is 2. The van der Waals surface area contributed by atoms with Crippen LogP contribution in [0.1, 0.15) is 104 Å². The van der Waals surface area contributed by atoms with Gasteiger partial charge in [-0.25, -0.2) is 17.6 Å². The minimum Gasteiger partial charge on any atom is -0.497 e. The number of allylic oxidation sites excluding steroid dienone is 1. The molecule has 0 N–H and O–H groups in total. The van der Waals surface area contributed by atoms with E-state index in [4.69, 9.17) is 25.8 Å². The van der Waals surface area contributed by atoms with Crippen molar-refractivity contribution in [2.75, 3.05) is 64.2 Å². The SMILES string of the molecule is CCCN(CCC)C(=O)C(/C(F)=C/C[C@H](C)CS(=O)(=O)N(Cc1ccc(C)cc1)Cc1ccc(OC)cc1)N1CCC[C@H]1CN1C[C@@]2(CCCc3cc(Cl)ccc32)COc2ccc(C(=O)OC)cc21. The summed E-state index contributed by atoms with van der Waals surface area (Å²) in [4.78, 5) is 33.9. The maximum absolute atomic E-state index is 17.5. The normalized spacial score (nSPS) is 19.3. The van der Waals surface area contributed by atoms with Gasteiger partial charge in [0.2, 0.25) is 15.9 Å². The molecule has 4 aromatic carbocycles. The fourth-order valence-corrected chi connectivity index (χ4v) is 12.5. The molecule has 1 amide bonds. The van der Waals surface area contributed by atoms with Gasteiger partial charge in [-0.1, -0.05) is 86.5 Å². The number of halogens is 2. The van der Waals surface area contributed by atoms with Gasteiger partial charge in [-0.2, -0.15) is 4.31 Å². The predicted molar refractivity (Wildman–Crippen MR) is 272 cm³/mol. The number of methoxy groups -OCH3 is 2. The van der Waals surface area contributed by atoms with Crippen molar-refractivity contribution in [1.82, 2.24) is 14.1 Å². The second-order valence-electron chi connectivity index (χ2n) is 19.4. The van der Waals surface area contributed by atoms with Crippen molar-refractivity contribution < 1.29 is 36.6 Å². The first kappa shape index (κ1) is 51.9. The Hall–Kier alpha value is -4.95. The minimum absolute atomic E-state index is 0.120. The molecular formula is C55H70ClFN4O7S. The molecule has 372 valence electrons. The van der Waals surface area contributed by atoms with E-state index in [1.54, 1.807) is 18.1 Å². The van der Waals surface area contributed by atoms with Crippen LogP contribution in [0.25, 0.3) is 0 Å². The van der Waals surface area contributed by atoms with Gasteiger partial charge in [-0.3, -0.25) is 9.69 Å². The minimum atomic E-state index is -3.85. The van der Waals surface area contributed by atoms with Crippen molar-refractivity contribution in [3.05, 3.63) is 135 Å². The van der Waals surface area contributed by atoms with Gasteiger partial charge >= 0.3 is 5.97 Å². The first-order valence-electron chi connectivity index (χ1n) is 24.6. The van der Waals surface area contributed by atoms with Crippen LogP contribution in [0.3, 0.4) is 0 Å². The zero-order valence-electron chi connectivity index (χ0n) is 41.2. The maximum atomic E-state index is 17.5. The number of nitrogens with zero attached hydrogens (tertiary/aromatic N) is 4. The lowest BCUT2D eigenvalue weighted by Gasteiger charge is -2.42. The van der Waals surface area contributed by atoms with Crippen molar-refractivity contribution in [3.63, 3.8) is 0 Å². The van der Waals surface area contributed by atoms with Crippen molar-refractivity contribution in [1.29, 1.82) is 0 Å². The Bertz CT molecular complexity index is 2540. The first-order chi connectivity index (χ1) is 33.2. The van der Waals surface area contributed by atoms with Gasteiger partial charge in [0.15, 0.2) is 0 Å². The molecule has 0 bridgehead atoms. The Labute approximate surface area is 414 Å². The molecule has 2 aliphatic heterocycles. The molecule has 1 saturated heterocycles. The fraction of sp³-hybridized carbons (Fsp3) is 0.491. The number of esters is 1. The van der Waals surface area contributed by atoms with Crippen molar-refractivity contribution in [2.45, 2.75) is 110 Å². The third-order valence-electron chi connectivity index (χ3n) is 14.0. The zero-order chi connectivity index (χ0) is 49.3. The number of sulfonamides is 1. The molecule has 4 atom stereocenters. The summed E-state index contributed by atoms with van der Waals surface area (Å²) in [5.41, 5.74) is 5.90. The Morgan fingerprint density at radius 1 is 0.957 bits per heavy atom. The number of hydrogen-bond acceptors (Lipinski definition) is 9. The van der Waals surface area contributed by atoms with Crippen LogP contribution >= 0.6 is 11.6 Å². The van der Waals surface area contributed by atoms with Crippen molar-refractivity contribution >= 4 is 39.2 Å². The number of ether oxygens (including phenoxy) is 3. The summed E-state index contributed by atoms with van der Waals surface area (Å²) in [5, 5.41) is 0.691. The third-order valence-corrected chi connectivity index (χ3v) is 16.3. The highest BCUT2D eigenvalue weighted by Gasteiger charge is 2.45. The first-order valence-corrected chi connectivity index (χ1v) is 26.6. The number of likely N-dealkylation sites (tertiary alicyclic amines) is 1. The highest BCUT2D eigenvalue weighted by Crippen LogP contribution is 2.45. The molecule has 1 unspecified atom stereocenters. The van der Waals surface area contributed by atoms with Gasteiger partial charge in [0.25, 0.3) is 0 Å². The monoisotopic (exact) mass is 984 g/mol. The molecule has 1 spiro atoms. The van der Waals surface area contributed by atoms with E-state index in [1.807, 2.05) is 99.3 Å².